The number of nitrogens with one attached hydrogen (secondary N) is 1. The monoisotopic (exact) mass is 253 g/mol. The lowest BCUT2D eigenvalue weighted by atomic mass is 10.2. The summed E-state index contributed by atoms with van der Waals surface area (Å²) in [6.07, 6.45) is 0. The summed E-state index contributed by atoms with van der Waals surface area (Å²) in [6, 6.07) is 7.77. The number of rotatable bonds is 4. The largest absolute Gasteiger partial charge is 0.305 e. The first-order chi connectivity index (χ1) is 8.15. The number of hydrogen-bond acceptors (Lipinski definition) is 2. The third-order valence-corrected chi connectivity index (χ3v) is 3.56. The molecule has 0 bridgehead atoms. The van der Waals surface area contributed by atoms with Crippen molar-refractivity contribution in [1.82, 2.24) is 5.32 Å². The van der Waals surface area contributed by atoms with Gasteiger partial charge in [0.1, 0.15) is 11.6 Å². The van der Waals surface area contributed by atoms with Crippen LogP contribution in [0.3, 0.4) is 0 Å². The molecule has 0 aliphatic heterocycles. The van der Waals surface area contributed by atoms with E-state index in [-0.39, 0.29) is 6.04 Å². The van der Waals surface area contributed by atoms with Gasteiger partial charge >= 0.3 is 0 Å². The predicted molar refractivity (Wildman–Crippen MR) is 65.9 cm³/mol. The second kappa shape index (κ2) is 5.38. The molecule has 0 spiro atoms. The van der Waals surface area contributed by atoms with E-state index in [1.165, 1.54) is 17.0 Å². The molecule has 0 saturated heterocycles. The van der Waals surface area contributed by atoms with Crippen molar-refractivity contribution in [1.29, 1.82) is 0 Å². The average Bonchev–Trinajstić information content (AvgIpc) is 2.78. The molecule has 0 fully saturated rings. The molecule has 0 aliphatic carbocycles. The van der Waals surface area contributed by atoms with E-state index in [2.05, 4.69) is 5.32 Å². The Morgan fingerprint density at radius 2 is 1.94 bits per heavy atom. The van der Waals surface area contributed by atoms with Gasteiger partial charge in [0, 0.05) is 23.5 Å². The fraction of sp³-hybridized carbons (Fsp3) is 0.231. The molecule has 1 heterocycles. The maximum atomic E-state index is 13.0. The molecule has 0 radical (unpaired) electrons. The van der Waals surface area contributed by atoms with E-state index < -0.39 is 11.6 Å². The lowest BCUT2D eigenvalue weighted by molar-refractivity contribution is 0.558. The van der Waals surface area contributed by atoms with Crippen LogP contribution < -0.4 is 5.32 Å². The first-order valence-electron chi connectivity index (χ1n) is 5.37. The van der Waals surface area contributed by atoms with E-state index in [4.69, 9.17) is 0 Å². The van der Waals surface area contributed by atoms with Crippen LogP contribution in [0.1, 0.15) is 23.4 Å². The van der Waals surface area contributed by atoms with Gasteiger partial charge in [0.05, 0.1) is 0 Å². The quantitative estimate of drug-likeness (QED) is 0.872. The van der Waals surface area contributed by atoms with E-state index in [9.17, 15) is 8.78 Å². The van der Waals surface area contributed by atoms with Crippen LogP contribution >= 0.6 is 11.3 Å². The molecule has 0 amide bonds. The first-order valence-corrected chi connectivity index (χ1v) is 6.25. The fourth-order valence-electron chi connectivity index (χ4n) is 1.62. The topological polar surface area (TPSA) is 12.0 Å². The summed E-state index contributed by atoms with van der Waals surface area (Å²) in [6.45, 7) is 2.48. The van der Waals surface area contributed by atoms with Crippen LogP contribution in [0.25, 0.3) is 0 Å². The average molecular weight is 253 g/mol. The molecule has 1 unspecified atom stereocenters. The van der Waals surface area contributed by atoms with Crippen LogP contribution in [0.15, 0.2) is 35.7 Å². The van der Waals surface area contributed by atoms with Crippen LogP contribution in [-0.4, -0.2) is 0 Å². The predicted octanol–water partition coefficient (Wildman–Crippen LogP) is 3.88. The minimum absolute atomic E-state index is 0.182. The van der Waals surface area contributed by atoms with Gasteiger partial charge in [-0.25, -0.2) is 8.78 Å². The van der Waals surface area contributed by atoms with Gasteiger partial charge in [-0.3, -0.25) is 0 Å². The van der Waals surface area contributed by atoms with Gasteiger partial charge in [0.2, 0.25) is 0 Å². The molecule has 2 aromatic rings. The summed E-state index contributed by atoms with van der Waals surface area (Å²) in [4.78, 5) is 1.21. The van der Waals surface area contributed by atoms with Crippen LogP contribution in [-0.2, 0) is 6.54 Å². The smallest absolute Gasteiger partial charge is 0.126 e. The standard InChI is InChI=1S/C13H13F2NS/c1-9(13-3-2-4-17-13)16-8-10-5-11(14)7-12(15)6-10/h2-7,9,16H,8H2,1H3. The highest BCUT2D eigenvalue weighted by Crippen LogP contribution is 2.18. The van der Waals surface area contributed by atoms with Gasteiger partial charge in [0.25, 0.3) is 0 Å². The summed E-state index contributed by atoms with van der Waals surface area (Å²) in [5.41, 5.74) is 0.617. The zero-order valence-corrected chi connectivity index (χ0v) is 10.2. The number of thiophene rings is 1. The molecule has 1 aromatic carbocycles. The molecule has 17 heavy (non-hydrogen) atoms. The van der Waals surface area contributed by atoms with Gasteiger partial charge in [-0.05, 0) is 36.1 Å². The summed E-state index contributed by atoms with van der Waals surface area (Å²) in [5, 5.41) is 5.24. The maximum absolute atomic E-state index is 13.0. The van der Waals surface area contributed by atoms with Crippen molar-refractivity contribution in [3.05, 3.63) is 57.8 Å². The van der Waals surface area contributed by atoms with Crippen molar-refractivity contribution in [2.75, 3.05) is 0 Å². The van der Waals surface area contributed by atoms with E-state index >= 15 is 0 Å². The summed E-state index contributed by atoms with van der Waals surface area (Å²) < 4.78 is 25.9. The Bertz CT molecular complexity index is 462. The molecule has 0 aliphatic rings. The van der Waals surface area contributed by atoms with Crippen molar-refractivity contribution < 1.29 is 8.78 Å². The van der Waals surface area contributed by atoms with Gasteiger partial charge < -0.3 is 5.32 Å². The molecular formula is C13H13F2NS. The molecular weight excluding hydrogens is 240 g/mol. The zero-order chi connectivity index (χ0) is 12.3. The normalized spacial score (nSPS) is 12.6. The van der Waals surface area contributed by atoms with E-state index in [0.29, 0.717) is 12.1 Å². The Morgan fingerprint density at radius 3 is 2.53 bits per heavy atom. The molecule has 1 nitrogen and oxygen atoms in total. The van der Waals surface area contributed by atoms with Gasteiger partial charge in [-0.1, -0.05) is 6.07 Å². The second-order valence-electron chi connectivity index (χ2n) is 3.90. The number of hydrogen-bond donors (Lipinski definition) is 1. The molecule has 4 heteroatoms. The summed E-state index contributed by atoms with van der Waals surface area (Å²) in [7, 11) is 0. The van der Waals surface area contributed by atoms with Crippen LogP contribution in [0, 0.1) is 11.6 Å². The Hall–Kier alpha value is -1.26. The van der Waals surface area contributed by atoms with Gasteiger partial charge in [-0.15, -0.1) is 11.3 Å². The SMILES string of the molecule is CC(NCc1cc(F)cc(F)c1)c1cccs1. The Kier molecular flexibility index (Phi) is 3.86. The van der Waals surface area contributed by atoms with Crippen molar-refractivity contribution >= 4 is 11.3 Å². The number of benzene rings is 1. The lowest BCUT2D eigenvalue weighted by Crippen LogP contribution is -2.17. The van der Waals surface area contributed by atoms with Gasteiger partial charge in [0.15, 0.2) is 0 Å². The lowest BCUT2D eigenvalue weighted by Gasteiger charge is -2.12. The van der Waals surface area contributed by atoms with Crippen LogP contribution in [0.4, 0.5) is 8.78 Å². The molecule has 1 N–H and O–H groups in total. The highest BCUT2D eigenvalue weighted by Gasteiger charge is 2.06. The highest BCUT2D eigenvalue weighted by molar-refractivity contribution is 7.10. The van der Waals surface area contributed by atoms with Crippen LogP contribution in [0.2, 0.25) is 0 Å². The Balaban J connectivity index is 1.98. The minimum Gasteiger partial charge on any atom is -0.305 e. The Labute approximate surface area is 103 Å². The summed E-state index contributed by atoms with van der Waals surface area (Å²) >= 11 is 1.66. The van der Waals surface area contributed by atoms with E-state index in [0.717, 1.165) is 6.07 Å². The van der Waals surface area contributed by atoms with Crippen molar-refractivity contribution in [3.8, 4) is 0 Å². The fourth-order valence-corrected chi connectivity index (χ4v) is 2.38. The minimum atomic E-state index is -0.537. The van der Waals surface area contributed by atoms with Gasteiger partial charge in [-0.2, -0.15) is 0 Å². The molecule has 1 atom stereocenters. The molecule has 90 valence electrons. The van der Waals surface area contributed by atoms with Crippen molar-refractivity contribution in [3.63, 3.8) is 0 Å². The number of halogens is 2. The maximum Gasteiger partial charge on any atom is 0.126 e. The third-order valence-electron chi connectivity index (χ3n) is 2.50. The van der Waals surface area contributed by atoms with Crippen LogP contribution in [0.5, 0.6) is 0 Å². The molecule has 0 saturated carbocycles. The van der Waals surface area contributed by atoms with E-state index in [1.54, 1.807) is 11.3 Å². The molecule has 1 aromatic heterocycles. The van der Waals surface area contributed by atoms with Crippen molar-refractivity contribution in [2.24, 2.45) is 0 Å². The van der Waals surface area contributed by atoms with Crippen molar-refractivity contribution in [2.45, 2.75) is 19.5 Å². The second-order valence-corrected chi connectivity index (χ2v) is 4.87. The molecule has 2 rings (SSSR count). The first kappa shape index (κ1) is 12.2. The zero-order valence-electron chi connectivity index (χ0n) is 9.41. The summed E-state index contributed by atoms with van der Waals surface area (Å²) in [5.74, 6) is -1.07. The highest BCUT2D eigenvalue weighted by atomic mass is 32.1. The Morgan fingerprint density at radius 1 is 1.24 bits per heavy atom. The third kappa shape index (κ3) is 3.35. The van der Waals surface area contributed by atoms with E-state index in [1.807, 2.05) is 24.4 Å².